The van der Waals surface area contributed by atoms with Gasteiger partial charge in [-0.15, -0.1) is 0 Å². The molecule has 0 radical (unpaired) electrons. The molecule has 15 heavy (non-hydrogen) atoms. The summed E-state index contributed by atoms with van der Waals surface area (Å²) in [7, 11) is 0. The van der Waals surface area contributed by atoms with Crippen LogP contribution in [0.2, 0.25) is 0 Å². The first kappa shape index (κ1) is 13.6. The van der Waals surface area contributed by atoms with Crippen LogP contribution in [-0.4, -0.2) is 25.2 Å². The molecule has 0 fully saturated rings. The van der Waals surface area contributed by atoms with Crippen LogP contribution in [0.3, 0.4) is 0 Å². The van der Waals surface area contributed by atoms with E-state index >= 15 is 0 Å². The molecule has 0 heterocycles. The highest BCUT2D eigenvalue weighted by molar-refractivity contribution is 5.87. The first-order valence-corrected chi connectivity index (χ1v) is 4.74. The molecule has 0 rings (SSSR count). The molecule has 0 aliphatic carbocycles. The van der Waals surface area contributed by atoms with E-state index < -0.39 is 23.7 Å². The summed E-state index contributed by atoms with van der Waals surface area (Å²) >= 11 is 0. The third-order valence-electron chi connectivity index (χ3n) is 1.53. The van der Waals surface area contributed by atoms with Gasteiger partial charge in [0.1, 0.15) is 0 Å². The maximum absolute atomic E-state index is 13.0. The van der Waals surface area contributed by atoms with Gasteiger partial charge in [-0.25, -0.2) is 4.79 Å². The van der Waals surface area contributed by atoms with Crippen molar-refractivity contribution < 1.29 is 23.5 Å². The number of halogens is 1. The highest BCUT2D eigenvalue weighted by Crippen LogP contribution is 2.08. The summed E-state index contributed by atoms with van der Waals surface area (Å²) in [4.78, 5) is 21.9. The van der Waals surface area contributed by atoms with E-state index in [9.17, 15) is 14.0 Å². The Bertz CT molecular complexity index is 260. The SMILES string of the molecule is CCOC(=O)/C(F)=C/C(C)C(=O)OCC. The number of carbonyl (C=O) groups excluding carboxylic acids is 2. The number of esters is 2. The Morgan fingerprint density at radius 2 is 1.80 bits per heavy atom. The lowest BCUT2D eigenvalue weighted by molar-refractivity contribution is -0.145. The third kappa shape index (κ3) is 5.15. The molecule has 0 aliphatic heterocycles. The van der Waals surface area contributed by atoms with Crippen LogP contribution >= 0.6 is 0 Å². The van der Waals surface area contributed by atoms with Gasteiger partial charge in [0, 0.05) is 0 Å². The topological polar surface area (TPSA) is 52.6 Å². The van der Waals surface area contributed by atoms with Crippen molar-refractivity contribution in [2.75, 3.05) is 13.2 Å². The van der Waals surface area contributed by atoms with Gasteiger partial charge >= 0.3 is 11.9 Å². The fraction of sp³-hybridized carbons (Fsp3) is 0.600. The zero-order valence-electron chi connectivity index (χ0n) is 9.08. The highest BCUT2D eigenvalue weighted by Gasteiger charge is 2.16. The van der Waals surface area contributed by atoms with Crippen molar-refractivity contribution >= 4 is 11.9 Å². The first-order chi connectivity index (χ1) is 7.02. The zero-order valence-corrected chi connectivity index (χ0v) is 9.08. The first-order valence-electron chi connectivity index (χ1n) is 4.74. The van der Waals surface area contributed by atoms with Crippen LogP contribution in [-0.2, 0) is 19.1 Å². The van der Waals surface area contributed by atoms with Gasteiger partial charge in [0.15, 0.2) is 0 Å². The largest absolute Gasteiger partial charge is 0.466 e. The summed E-state index contributed by atoms with van der Waals surface area (Å²) in [6.45, 7) is 4.97. The molecule has 0 N–H and O–H groups in total. The van der Waals surface area contributed by atoms with Gasteiger partial charge in [-0.3, -0.25) is 4.79 Å². The van der Waals surface area contributed by atoms with Crippen LogP contribution in [0.4, 0.5) is 4.39 Å². The minimum Gasteiger partial charge on any atom is -0.466 e. The van der Waals surface area contributed by atoms with Crippen molar-refractivity contribution in [2.24, 2.45) is 5.92 Å². The molecule has 0 saturated carbocycles. The Labute approximate surface area is 88.0 Å². The number of rotatable bonds is 5. The fourth-order valence-corrected chi connectivity index (χ4v) is 0.829. The summed E-state index contributed by atoms with van der Waals surface area (Å²) in [5.41, 5.74) is 0. The van der Waals surface area contributed by atoms with Gasteiger partial charge < -0.3 is 9.47 Å². The Morgan fingerprint density at radius 3 is 2.27 bits per heavy atom. The predicted octanol–water partition coefficient (Wildman–Crippen LogP) is 1.60. The van der Waals surface area contributed by atoms with Crippen molar-refractivity contribution in [2.45, 2.75) is 20.8 Å². The molecule has 1 atom stereocenters. The summed E-state index contributed by atoms with van der Waals surface area (Å²) in [6.07, 6.45) is 0.885. The lowest BCUT2D eigenvalue weighted by atomic mass is 10.1. The van der Waals surface area contributed by atoms with Crippen molar-refractivity contribution in [3.63, 3.8) is 0 Å². The summed E-state index contributed by atoms with van der Waals surface area (Å²) in [5, 5.41) is 0. The second-order valence-corrected chi connectivity index (χ2v) is 2.78. The number of carbonyl (C=O) groups is 2. The van der Waals surface area contributed by atoms with E-state index in [-0.39, 0.29) is 13.2 Å². The van der Waals surface area contributed by atoms with Crippen molar-refractivity contribution in [3.05, 3.63) is 11.9 Å². The van der Waals surface area contributed by atoms with Gasteiger partial charge in [-0.2, -0.15) is 4.39 Å². The van der Waals surface area contributed by atoms with Crippen molar-refractivity contribution in [3.8, 4) is 0 Å². The summed E-state index contributed by atoms with van der Waals surface area (Å²) in [5.74, 6) is -3.50. The molecule has 86 valence electrons. The molecule has 0 aliphatic rings. The standard InChI is InChI=1S/C10H15FO4/c1-4-14-9(12)7(3)6-8(11)10(13)15-5-2/h6-7H,4-5H2,1-3H3/b8-6-. The fourth-order valence-electron chi connectivity index (χ4n) is 0.829. The molecule has 0 aromatic heterocycles. The molecule has 0 saturated heterocycles. The van der Waals surface area contributed by atoms with Crippen molar-refractivity contribution in [1.29, 1.82) is 0 Å². The minimum absolute atomic E-state index is 0.0912. The Hall–Kier alpha value is -1.39. The zero-order chi connectivity index (χ0) is 11.8. The Morgan fingerprint density at radius 1 is 1.27 bits per heavy atom. The maximum Gasteiger partial charge on any atom is 0.366 e. The van der Waals surface area contributed by atoms with E-state index in [4.69, 9.17) is 0 Å². The van der Waals surface area contributed by atoms with Crippen LogP contribution in [0.5, 0.6) is 0 Å². The van der Waals surface area contributed by atoms with Gasteiger partial charge in [0.25, 0.3) is 0 Å². The molecule has 1 unspecified atom stereocenters. The van der Waals surface area contributed by atoms with Crippen LogP contribution < -0.4 is 0 Å². The predicted molar refractivity (Wildman–Crippen MR) is 51.6 cm³/mol. The van der Waals surface area contributed by atoms with E-state index in [0.717, 1.165) is 6.08 Å². The normalized spacial score (nSPS) is 13.2. The molecule has 0 aromatic carbocycles. The highest BCUT2D eigenvalue weighted by atomic mass is 19.1. The average molecular weight is 218 g/mol. The number of ether oxygens (including phenoxy) is 2. The second kappa shape index (κ2) is 6.98. The Kier molecular flexibility index (Phi) is 6.33. The number of hydrogen-bond donors (Lipinski definition) is 0. The molecule has 0 amide bonds. The van der Waals surface area contributed by atoms with E-state index in [1.54, 1.807) is 13.8 Å². The average Bonchev–Trinajstić information content (AvgIpc) is 2.18. The molecular weight excluding hydrogens is 203 g/mol. The van der Waals surface area contributed by atoms with Crippen LogP contribution in [0.1, 0.15) is 20.8 Å². The van der Waals surface area contributed by atoms with E-state index in [1.165, 1.54) is 6.92 Å². The summed E-state index contributed by atoms with van der Waals surface area (Å²) in [6, 6.07) is 0. The number of hydrogen-bond acceptors (Lipinski definition) is 4. The van der Waals surface area contributed by atoms with E-state index in [0.29, 0.717) is 0 Å². The molecule has 0 aromatic rings. The second-order valence-electron chi connectivity index (χ2n) is 2.78. The van der Waals surface area contributed by atoms with Crippen LogP contribution in [0.25, 0.3) is 0 Å². The molecule has 0 bridgehead atoms. The van der Waals surface area contributed by atoms with Crippen LogP contribution in [0, 0.1) is 5.92 Å². The molecule has 4 nitrogen and oxygen atoms in total. The molecular formula is C10H15FO4. The third-order valence-corrected chi connectivity index (χ3v) is 1.53. The van der Waals surface area contributed by atoms with Gasteiger partial charge in [-0.05, 0) is 26.8 Å². The van der Waals surface area contributed by atoms with Gasteiger partial charge in [0.05, 0.1) is 19.1 Å². The lowest BCUT2D eigenvalue weighted by Gasteiger charge is -2.05. The maximum atomic E-state index is 13.0. The Balaban J connectivity index is 4.33. The quantitative estimate of drug-likeness (QED) is 0.519. The summed E-state index contributed by atoms with van der Waals surface area (Å²) < 4.78 is 22.1. The van der Waals surface area contributed by atoms with E-state index in [2.05, 4.69) is 9.47 Å². The van der Waals surface area contributed by atoms with Gasteiger partial charge in [-0.1, -0.05) is 0 Å². The smallest absolute Gasteiger partial charge is 0.366 e. The monoisotopic (exact) mass is 218 g/mol. The van der Waals surface area contributed by atoms with Gasteiger partial charge in [0.2, 0.25) is 5.83 Å². The molecule has 5 heteroatoms. The van der Waals surface area contributed by atoms with Crippen molar-refractivity contribution in [1.82, 2.24) is 0 Å². The minimum atomic E-state index is -1.07. The van der Waals surface area contributed by atoms with Crippen LogP contribution in [0.15, 0.2) is 11.9 Å². The van der Waals surface area contributed by atoms with E-state index in [1.807, 2.05) is 0 Å². The lowest BCUT2D eigenvalue weighted by Crippen LogP contribution is -2.14. The molecule has 0 spiro atoms.